The fraction of sp³-hybridized carbons (Fsp3) is 0.100. The minimum atomic E-state index is 0.202. The summed E-state index contributed by atoms with van der Waals surface area (Å²) < 4.78 is 0. The zero-order chi connectivity index (χ0) is 9.26. The topological polar surface area (TPSA) is 59.1 Å². The number of hydrogen-bond acceptors (Lipinski definition) is 3. The fourth-order valence-electron chi connectivity index (χ4n) is 1.40. The largest absolute Gasteiger partial charge is 0.506 e. The molecular formula is C10H10N2O. The molecule has 0 amide bonds. The van der Waals surface area contributed by atoms with E-state index < -0.39 is 0 Å². The van der Waals surface area contributed by atoms with Crippen LogP contribution in [0.2, 0.25) is 0 Å². The van der Waals surface area contributed by atoms with Crippen LogP contribution in [0, 0.1) is 0 Å². The molecule has 2 aromatic rings. The predicted molar refractivity (Wildman–Crippen MR) is 51.3 cm³/mol. The molecule has 1 aromatic carbocycles. The summed E-state index contributed by atoms with van der Waals surface area (Å²) in [6.45, 7) is 0.461. The Balaban J connectivity index is 2.84. The second-order valence-corrected chi connectivity index (χ2v) is 2.85. The van der Waals surface area contributed by atoms with Gasteiger partial charge in [0, 0.05) is 18.1 Å². The summed E-state index contributed by atoms with van der Waals surface area (Å²) in [6.07, 6.45) is 1.66. The number of benzene rings is 1. The number of aromatic hydroxyl groups is 1. The zero-order valence-electron chi connectivity index (χ0n) is 7.07. The van der Waals surface area contributed by atoms with Crippen LogP contribution in [0.4, 0.5) is 0 Å². The van der Waals surface area contributed by atoms with Gasteiger partial charge in [-0.1, -0.05) is 12.1 Å². The Labute approximate surface area is 75.8 Å². The van der Waals surface area contributed by atoms with Crippen molar-refractivity contribution in [1.82, 2.24) is 4.98 Å². The molecular weight excluding hydrogens is 164 g/mol. The van der Waals surface area contributed by atoms with Crippen LogP contribution >= 0.6 is 0 Å². The van der Waals surface area contributed by atoms with Gasteiger partial charge >= 0.3 is 0 Å². The van der Waals surface area contributed by atoms with Crippen LogP contribution in [-0.2, 0) is 6.54 Å². The van der Waals surface area contributed by atoms with Crippen LogP contribution in [-0.4, -0.2) is 10.1 Å². The summed E-state index contributed by atoms with van der Waals surface area (Å²) in [5.41, 5.74) is 7.17. The quantitative estimate of drug-likeness (QED) is 0.687. The number of para-hydroxylation sites is 1. The molecule has 2 rings (SSSR count). The number of hydrogen-bond donors (Lipinski definition) is 2. The van der Waals surface area contributed by atoms with Gasteiger partial charge in [-0.2, -0.15) is 0 Å². The van der Waals surface area contributed by atoms with Crippen molar-refractivity contribution < 1.29 is 5.11 Å². The van der Waals surface area contributed by atoms with E-state index in [1.54, 1.807) is 18.3 Å². The monoisotopic (exact) mass is 174 g/mol. The van der Waals surface area contributed by atoms with E-state index in [0.717, 1.165) is 10.9 Å². The van der Waals surface area contributed by atoms with Crippen molar-refractivity contribution in [3.8, 4) is 5.75 Å². The summed E-state index contributed by atoms with van der Waals surface area (Å²) in [4.78, 5) is 4.08. The lowest BCUT2D eigenvalue weighted by Gasteiger charge is -2.03. The van der Waals surface area contributed by atoms with Crippen molar-refractivity contribution in [3.63, 3.8) is 0 Å². The summed E-state index contributed by atoms with van der Waals surface area (Å²) >= 11 is 0. The van der Waals surface area contributed by atoms with E-state index in [0.29, 0.717) is 12.1 Å². The van der Waals surface area contributed by atoms with Crippen molar-refractivity contribution in [2.24, 2.45) is 5.73 Å². The zero-order valence-corrected chi connectivity index (χ0v) is 7.07. The summed E-state index contributed by atoms with van der Waals surface area (Å²) in [5, 5.41) is 10.4. The SMILES string of the molecule is NCc1ccnc2c(O)cccc12. The normalized spacial score (nSPS) is 10.5. The number of aromatic nitrogens is 1. The Hall–Kier alpha value is -1.61. The maximum atomic E-state index is 9.49. The Morgan fingerprint density at radius 3 is 2.92 bits per heavy atom. The molecule has 0 spiro atoms. The van der Waals surface area contributed by atoms with Gasteiger partial charge in [0.05, 0.1) is 0 Å². The Morgan fingerprint density at radius 1 is 1.31 bits per heavy atom. The molecule has 0 aliphatic carbocycles. The highest BCUT2D eigenvalue weighted by atomic mass is 16.3. The molecule has 0 saturated heterocycles. The van der Waals surface area contributed by atoms with Crippen molar-refractivity contribution in [3.05, 3.63) is 36.0 Å². The standard InChI is InChI=1S/C10H10N2O/c11-6-7-4-5-12-10-8(7)2-1-3-9(10)13/h1-5,13H,6,11H2. The molecule has 1 heterocycles. The molecule has 0 fully saturated rings. The summed E-state index contributed by atoms with van der Waals surface area (Å²) in [5.74, 6) is 0.202. The minimum absolute atomic E-state index is 0.202. The van der Waals surface area contributed by atoms with Gasteiger partial charge in [-0.15, -0.1) is 0 Å². The van der Waals surface area contributed by atoms with Gasteiger partial charge in [0.15, 0.2) is 0 Å². The molecule has 0 radical (unpaired) electrons. The number of rotatable bonds is 1. The minimum Gasteiger partial charge on any atom is -0.506 e. The first-order valence-corrected chi connectivity index (χ1v) is 4.08. The van der Waals surface area contributed by atoms with Gasteiger partial charge in [0.25, 0.3) is 0 Å². The third-order valence-electron chi connectivity index (χ3n) is 2.06. The lowest BCUT2D eigenvalue weighted by atomic mass is 10.1. The van der Waals surface area contributed by atoms with Crippen molar-refractivity contribution in [2.45, 2.75) is 6.54 Å². The number of phenols is 1. The average molecular weight is 174 g/mol. The van der Waals surface area contributed by atoms with Crippen LogP contribution < -0.4 is 5.73 Å². The van der Waals surface area contributed by atoms with Gasteiger partial charge in [-0.25, -0.2) is 0 Å². The second-order valence-electron chi connectivity index (χ2n) is 2.85. The third kappa shape index (κ3) is 1.23. The molecule has 0 bridgehead atoms. The Morgan fingerprint density at radius 2 is 2.15 bits per heavy atom. The number of nitrogens with zero attached hydrogens (tertiary/aromatic N) is 1. The lowest BCUT2D eigenvalue weighted by molar-refractivity contribution is 0.480. The first-order chi connectivity index (χ1) is 6.33. The first kappa shape index (κ1) is 8.01. The van der Waals surface area contributed by atoms with Crippen molar-refractivity contribution >= 4 is 10.9 Å². The Bertz CT molecular complexity index is 440. The molecule has 3 N–H and O–H groups in total. The molecule has 0 unspecified atom stereocenters. The Kier molecular flexibility index (Phi) is 1.87. The van der Waals surface area contributed by atoms with Crippen LogP contribution in [0.5, 0.6) is 5.75 Å². The lowest BCUT2D eigenvalue weighted by Crippen LogP contribution is -1.97. The highest BCUT2D eigenvalue weighted by Crippen LogP contribution is 2.23. The number of nitrogens with two attached hydrogens (primary N) is 1. The fourth-order valence-corrected chi connectivity index (χ4v) is 1.40. The predicted octanol–water partition coefficient (Wildman–Crippen LogP) is 1.40. The second kappa shape index (κ2) is 3.03. The van der Waals surface area contributed by atoms with E-state index in [9.17, 15) is 5.11 Å². The maximum Gasteiger partial charge on any atom is 0.141 e. The molecule has 3 nitrogen and oxygen atoms in total. The van der Waals surface area contributed by atoms with Crippen LogP contribution in [0.15, 0.2) is 30.5 Å². The molecule has 66 valence electrons. The van der Waals surface area contributed by atoms with E-state index in [4.69, 9.17) is 5.73 Å². The van der Waals surface area contributed by atoms with E-state index in [-0.39, 0.29) is 5.75 Å². The average Bonchev–Trinajstić information content (AvgIpc) is 2.18. The molecule has 0 aliphatic heterocycles. The van der Waals surface area contributed by atoms with Gasteiger partial charge in [-0.3, -0.25) is 4.98 Å². The van der Waals surface area contributed by atoms with E-state index in [1.807, 2.05) is 12.1 Å². The third-order valence-corrected chi connectivity index (χ3v) is 2.06. The van der Waals surface area contributed by atoms with Gasteiger partial charge in [-0.05, 0) is 17.7 Å². The van der Waals surface area contributed by atoms with E-state index in [2.05, 4.69) is 4.98 Å². The van der Waals surface area contributed by atoms with Crippen LogP contribution in [0.25, 0.3) is 10.9 Å². The van der Waals surface area contributed by atoms with Crippen molar-refractivity contribution in [2.75, 3.05) is 0 Å². The molecule has 1 aromatic heterocycles. The summed E-state index contributed by atoms with van der Waals surface area (Å²) in [6, 6.07) is 7.18. The molecule has 13 heavy (non-hydrogen) atoms. The molecule has 0 aliphatic rings. The molecule has 0 saturated carbocycles. The molecule has 0 atom stereocenters. The molecule has 3 heteroatoms. The number of fused-ring (bicyclic) bond motifs is 1. The van der Waals surface area contributed by atoms with Gasteiger partial charge in [0.2, 0.25) is 0 Å². The summed E-state index contributed by atoms with van der Waals surface area (Å²) in [7, 11) is 0. The van der Waals surface area contributed by atoms with Gasteiger partial charge < -0.3 is 10.8 Å². The number of phenolic OH excluding ortho intramolecular Hbond substituents is 1. The highest BCUT2D eigenvalue weighted by molar-refractivity contribution is 5.86. The van der Waals surface area contributed by atoms with Gasteiger partial charge in [0.1, 0.15) is 11.3 Å². The smallest absolute Gasteiger partial charge is 0.141 e. The van der Waals surface area contributed by atoms with Crippen LogP contribution in [0.3, 0.4) is 0 Å². The first-order valence-electron chi connectivity index (χ1n) is 4.08. The maximum absolute atomic E-state index is 9.49. The van der Waals surface area contributed by atoms with Crippen LogP contribution in [0.1, 0.15) is 5.56 Å². The van der Waals surface area contributed by atoms with E-state index in [1.165, 1.54) is 0 Å². The number of pyridine rings is 1. The van der Waals surface area contributed by atoms with Crippen molar-refractivity contribution in [1.29, 1.82) is 0 Å². The highest BCUT2D eigenvalue weighted by Gasteiger charge is 2.02. The van der Waals surface area contributed by atoms with E-state index >= 15 is 0 Å².